The number of likely N-dealkylation sites (tertiary alicyclic amines) is 1. The van der Waals surface area contributed by atoms with Gasteiger partial charge in [0.05, 0.1) is 17.2 Å². The van der Waals surface area contributed by atoms with Crippen LogP contribution in [-0.4, -0.2) is 72.3 Å². The van der Waals surface area contributed by atoms with Crippen molar-refractivity contribution in [1.29, 1.82) is 0 Å². The third kappa shape index (κ3) is 5.00. The topological polar surface area (TPSA) is 70.1 Å². The monoisotopic (exact) mass is 504 g/mol. The summed E-state index contributed by atoms with van der Waals surface area (Å²) in [5.41, 5.74) is -2.94. The molecule has 10 heteroatoms. The van der Waals surface area contributed by atoms with Crippen LogP contribution in [-0.2, 0) is 4.79 Å². The summed E-state index contributed by atoms with van der Waals surface area (Å²) in [6.45, 7) is 3.27. The summed E-state index contributed by atoms with van der Waals surface area (Å²) in [6, 6.07) is 4.94. The molecule has 34 heavy (non-hydrogen) atoms. The van der Waals surface area contributed by atoms with Crippen molar-refractivity contribution in [3.63, 3.8) is 0 Å². The van der Waals surface area contributed by atoms with Gasteiger partial charge in [-0.05, 0) is 55.2 Å². The van der Waals surface area contributed by atoms with Crippen molar-refractivity contribution in [3.8, 4) is 5.75 Å². The number of ether oxygens (including phenoxy) is 1. The van der Waals surface area contributed by atoms with Gasteiger partial charge in [-0.2, -0.15) is 13.2 Å². The fourth-order valence-corrected chi connectivity index (χ4v) is 5.11. The Morgan fingerprint density at radius 1 is 1.26 bits per heavy atom. The van der Waals surface area contributed by atoms with E-state index in [1.165, 1.54) is 18.7 Å². The lowest BCUT2D eigenvalue weighted by molar-refractivity contribution is -0.270. The molecular formula is C24H32ClF3N2O4. The molecule has 2 aliphatic rings. The first-order chi connectivity index (χ1) is 15.7. The second-order valence-corrected chi connectivity index (χ2v) is 10.4. The molecule has 1 spiro atoms. The number of piperidine rings is 1. The Kier molecular flexibility index (Phi) is 7.49. The molecule has 0 unspecified atom stereocenters. The maximum Gasteiger partial charge on any atom is 0.426 e. The molecule has 1 aliphatic carbocycles. The van der Waals surface area contributed by atoms with Gasteiger partial charge in [-0.25, -0.2) is 0 Å². The molecule has 0 bridgehead atoms. The summed E-state index contributed by atoms with van der Waals surface area (Å²) < 4.78 is 46.2. The van der Waals surface area contributed by atoms with Crippen molar-refractivity contribution in [2.45, 2.75) is 51.3 Å². The van der Waals surface area contributed by atoms with Crippen molar-refractivity contribution in [1.82, 2.24) is 9.80 Å². The number of hydrogen-bond acceptors (Lipinski definition) is 4. The van der Waals surface area contributed by atoms with Gasteiger partial charge in [-0.15, -0.1) is 0 Å². The van der Waals surface area contributed by atoms with E-state index in [9.17, 15) is 27.9 Å². The first kappa shape index (κ1) is 26.6. The number of carbonyl (C=O) groups excluding carboxylic acids is 2. The Bertz CT molecular complexity index is 929. The maximum atomic E-state index is 13.4. The fraction of sp³-hybridized carbons (Fsp3) is 0.667. The lowest BCUT2D eigenvalue weighted by Gasteiger charge is -2.40. The van der Waals surface area contributed by atoms with Crippen LogP contribution in [0.5, 0.6) is 5.75 Å². The smallest absolute Gasteiger partial charge is 0.426 e. The minimum Gasteiger partial charge on any atom is -0.494 e. The van der Waals surface area contributed by atoms with Crippen molar-refractivity contribution in [3.05, 3.63) is 28.8 Å². The van der Waals surface area contributed by atoms with Crippen LogP contribution in [0.4, 0.5) is 13.2 Å². The van der Waals surface area contributed by atoms with Crippen molar-refractivity contribution >= 4 is 23.4 Å². The lowest BCUT2D eigenvalue weighted by Crippen LogP contribution is -2.62. The zero-order valence-electron chi connectivity index (χ0n) is 19.9. The predicted octanol–water partition coefficient (Wildman–Crippen LogP) is 4.39. The minimum absolute atomic E-state index is 0.0218. The van der Waals surface area contributed by atoms with E-state index in [1.54, 1.807) is 32.3 Å². The lowest BCUT2D eigenvalue weighted by atomic mass is 9.85. The van der Waals surface area contributed by atoms with Gasteiger partial charge in [-0.3, -0.25) is 9.59 Å². The summed E-state index contributed by atoms with van der Waals surface area (Å²) in [7, 11) is 3.30. The van der Waals surface area contributed by atoms with Crippen LogP contribution in [0, 0.1) is 17.3 Å². The molecule has 0 radical (unpaired) electrons. The highest BCUT2D eigenvalue weighted by atomic mass is 35.5. The molecule has 1 saturated carbocycles. The molecule has 6 nitrogen and oxygen atoms in total. The molecular weight excluding hydrogens is 473 g/mol. The van der Waals surface area contributed by atoms with E-state index in [-0.39, 0.29) is 24.4 Å². The molecule has 3 rings (SSSR count). The SMILES string of the molecule is CC(C)[C@@](O)(C(=O)N1CCC2(CC1)C[C@H]2CCOc1ccc(C(=O)N(C)C)c(Cl)c1)C(F)(F)F. The van der Waals surface area contributed by atoms with Crippen LogP contribution in [0.25, 0.3) is 0 Å². The summed E-state index contributed by atoms with van der Waals surface area (Å²) in [4.78, 5) is 27.3. The summed E-state index contributed by atoms with van der Waals surface area (Å²) >= 11 is 6.21. The highest BCUT2D eigenvalue weighted by molar-refractivity contribution is 6.34. The van der Waals surface area contributed by atoms with Gasteiger partial charge in [0.2, 0.25) is 5.60 Å². The highest BCUT2D eigenvalue weighted by Crippen LogP contribution is 2.61. The Hall–Kier alpha value is -2.00. The molecule has 1 saturated heterocycles. The van der Waals surface area contributed by atoms with Crippen LogP contribution in [0.3, 0.4) is 0 Å². The molecule has 1 aliphatic heterocycles. The van der Waals surface area contributed by atoms with E-state index < -0.39 is 23.6 Å². The zero-order chi connectivity index (χ0) is 25.5. The molecule has 2 fully saturated rings. The molecule has 1 aromatic rings. The molecule has 1 heterocycles. The van der Waals surface area contributed by atoms with Crippen molar-refractivity contribution in [2.24, 2.45) is 17.3 Å². The van der Waals surface area contributed by atoms with Crippen LogP contribution < -0.4 is 4.74 Å². The normalized spacial score (nSPS) is 21.4. The van der Waals surface area contributed by atoms with Gasteiger partial charge < -0.3 is 19.6 Å². The fourth-order valence-electron chi connectivity index (χ4n) is 4.86. The van der Waals surface area contributed by atoms with Gasteiger partial charge in [0.1, 0.15) is 5.75 Å². The second-order valence-electron chi connectivity index (χ2n) is 9.95. The third-order valence-electron chi connectivity index (χ3n) is 7.31. The van der Waals surface area contributed by atoms with Crippen LogP contribution in [0.2, 0.25) is 5.02 Å². The summed E-state index contributed by atoms with van der Waals surface area (Å²) in [5.74, 6) is -1.77. The second kappa shape index (κ2) is 9.57. The van der Waals surface area contributed by atoms with Gasteiger partial charge in [-0.1, -0.05) is 25.4 Å². The molecule has 190 valence electrons. The van der Waals surface area contributed by atoms with E-state index in [0.29, 0.717) is 41.7 Å². The maximum absolute atomic E-state index is 13.4. The number of alkyl halides is 3. The average molecular weight is 505 g/mol. The summed E-state index contributed by atoms with van der Waals surface area (Å²) in [6.07, 6.45) is -2.07. The Morgan fingerprint density at radius 3 is 2.38 bits per heavy atom. The number of amides is 2. The van der Waals surface area contributed by atoms with Crippen LogP contribution >= 0.6 is 11.6 Å². The van der Waals surface area contributed by atoms with E-state index >= 15 is 0 Å². The average Bonchev–Trinajstić information content (AvgIpc) is 3.42. The van der Waals surface area contributed by atoms with E-state index in [1.807, 2.05) is 0 Å². The number of nitrogens with zero attached hydrogens (tertiary/aromatic N) is 2. The molecule has 0 aromatic heterocycles. The van der Waals surface area contributed by atoms with Gasteiger partial charge in [0.25, 0.3) is 11.8 Å². The van der Waals surface area contributed by atoms with Crippen molar-refractivity contribution in [2.75, 3.05) is 33.8 Å². The van der Waals surface area contributed by atoms with Crippen LogP contribution in [0.1, 0.15) is 49.9 Å². The quantitative estimate of drug-likeness (QED) is 0.598. The highest BCUT2D eigenvalue weighted by Gasteiger charge is 2.63. The van der Waals surface area contributed by atoms with E-state index in [4.69, 9.17) is 16.3 Å². The van der Waals surface area contributed by atoms with Crippen molar-refractivity contribution < 1.29 is 32.6 Å². The van der Waals surface area contributed by atoms with E-state index in [0.717, 1.165) is 17.7 Å². The van der Waals surface area contributed by atoms with Gasteiger partial charge in [0, 0.05) is 33.1 Å². The first-order valence-corrected chi connectivity index (χ1v) is 11.8. The predicted molar refractivity (Wildman–Crippen MR) is 122 cm³/mol. The molecule has 1 aromatic carbocycles. The number of hydrogen-bond donors (Lipinski definition) is 1. The Labute approximate surface area is 203 Å². The molecule has 2 amide bonds. The van der Waals surface area contributed by atoms with Gasteiger partial charge in [0.15, 0.2) is 0 Å². The first-order valence-electron chi connectivity index (χ1n) is 11.5. The Balaban J connectivity index is 1.49. The molecule has 1 N–H and O–H groups in total. The standard InChI is InChI=1S/C24H32ClF3N2O4/c1-15(2)23(33,24(26,27)28)21(32)30-10-8-22(9-11-30)14-16(22)7-12-34-17-5-6-18(19(25)13-17)20(31)29(3)4/h5-6,13,15-16,33H,7-12,14H2,1-4H3/t16-,23-/m1/s1. The third-order valence-corrected chi connectivity index (χ3v) is 7.62. The minimum atomic E-state index is -5.02. The Morgan fingerprint density at radius 2 is 1.88 bits per heavy atom. The van der Waals surface area contributed by atoms with Gasteiger partial charge >= 0.3 is 6.18 Å². The number of aliphatic hydroxyl groups is 1. The summed E-state index contributed by atoms with van der Waals surface area (Å²) in [5, 5.41) is 10.5. The largest absolute Gasteiger partial charge is 0.494 e. The van der Waals surface area contributed by atoms with E-state index in [2.05, 4.69) is 0 Å². The molecule has 2 atom stereocenters. The zero-order valence-corrected chi connectivity index (χ0v) is 20.7. The number of carbonyl (C=O) groups is 2. The van der Waals surface area contributed by atoms with Crippen LogP contribution in [0.15, 0.2) is 18.2 Å². The number of benzene rings is 1. The number of halogens is 4. The number of rotatable bonds is 7.